The maximum absolute atomic E-state index is 14.2. The van der Waals surface area contributed by atoms with Crippen molar-refractivity contribution in [2.24, 2.45) is 0 Å². The van der Waals surface area contributed by atoms with Crippen molar-refractivity contribution in [3.63, 3.8) is 0 Å². The second kappa shape index (κ2) is 7.16. The largest absolute Gasteiger partial charge is 0.377 e. The highest BCUT2D eigenvalue weighted by Crippen LogP contribution is 2.37. The third-order valence-corrected chi connectivity index (χ3v) is 5.10. The molecule has 0 aromatic heterocycles. The number of methoxy groups -OCH3 is 1. The lowest BCUT2D eigenvalue weighted by Gasteiger charge is -2.37. The number of halogens is 3. The van der Waals surface area contributed by atoms with E-state index in [1.807, 2.05) is 6.92 Å². The van der Waals surface area contributed by atoms with Gasteiger partial charge < -0.3 is 10.1 Å². The maximum atomic E-state index is 14.2. The molecule has 0 amide bonds. The summed E-state index contributed by atoms with van der Waals surface area (Å²) in [5.74, 6) is -1.01. The van der Waals surface area contributed by atoms with Crippen LogP contribution in [0.15, 0.2) is 16.6 Å². The molecule has 1 aliphatic carbocycles. The Morgan fingerprint density at radius 1 is 1.33 bits per heavy atom. The standard InChI is InChI=1S/C16H22BrF2NO/c1-3-20-14(16(21-2)8-4-5-9-16)10-11-13(18)7-6-12(17)15(11)19/h6-7,14,20H,3-5,8-10H2,1-2H3. The quantitative estimate of drug-likeness (QED) is 0.766. The third kappa shape index (κ3) is 3.46. The van der Waals surface area contributed by atoms with E-state index in [9.17, 15) is 8.78 Å². The molecule has 1 aromatic carbocycles. The van der Waals surface area contributed by atoms with E-state index in [0.29, 0.717) is 10.9 Å². The van der Waals surface area contributed by atoms with Crippen molar-refractivity contribution in [1.82, 2.24) is 5.32 Å². The molecular weight excluding hydrogens is 340 g/mol. The van der Waals surface area contributed by atoms with Crippen LogP contribution in [0.1, 0.15) is 38.2 Å². The number of benzene rings is 1. The van der Waals surface area contributed by atoms with Crippen molar-refractivity contribution in [3.05, 3.63) is 33.8 Å². The van der Waals surface area contributed by atoms with Crippen molar-refractivity contribution in [3.8, 4) is 0 Å². The SMILES string of the molecule is CCNC(Cc1c(F)ccc(Br)c1F)C1(OC)CCCC1. The molecule has 0 heterocycles. The van der Waals surface area contributed by atoms with Gasteiger partial charge in [0.2, 0.25) is 0 Å². The van der Waals surface area contributed by atoms with Gasteiger partial charge in [0.15, 0.2) is 0 Å². The van der Waals surface area contributed by atoms with E-state index in [2.05, 4.69) is 21.2 Å². The zero-order valence-electron chi connectivity index (χ0n) is 12.5. The second-order valence-electron chi connectivity index (χ2n) is 5.61. The molecule has 2 nitrogen and oxygen atoms in total. The minimum Gasteiger partial charge on any atom is -0.377 e. The van der Waals surface area contributed by atoms with Crippen molar-refractivity contribution in [2.45, 2.75) is 50.7 Å². The molecule has 1 unspecified atom stereocenters. The van der Waals surface area contributed by atoms with Crippen LogP contribution in [-0.4, -0.2) is 25.3 Å². The Balaban J connectivity index is 2.30. The number of hydrogen-bond acceptors (Lipinski definition) is 2. The van der Waals surface area contributed by atoms with Gasteiger partial charge in [-0.05, 0) is 53.9 Å². The minimum absolute atomic E-state index is 0.0895. The molecule has 21 heavy (non-hydrogen) atoms. The Morgan fingerprint density at radius 2 is 2.00 bits per heavy atom. The third-order valence-electron chi connectivity index (χ3n) is 4.49. The van der Waals surface area contributed by atoms with Crippen LogP contribution in [0, 0.1) is 11.6 Å². The summed E-state index contributed by atoms with van der Waals surface area (Å²) in [6.45, 7) is 2.74. The van der Waals surface area contributed by atoms with Gasteiger partial charge in [0.1, 0.15) is 11.6 Å². The van der Waals surface area contributed by atoms with Crippen molar-refractivity contribution in [1.29, 1.82) is 0 Å². The first kappa shape index (κ1) is 16.8. The Hall–Kier alpha value is -0.520. The van der Waals surface area contributed by atoms with E-state index in [-0.39, 0.29) is 17.2 Å². The number of likely N-dealkylation sites (N-methyl/N-ethyl adjacent to an activating group) is 1. The first-order chi connectivity index (χ1) is 10.0. The second-order valence-corrected chi connectivity index (χ2v) is 6.47. The van der Waals surface area contributed by atoms with Crippen LogP contribution in [0.25, 0.3) is 0 Å². The van der Waals surface area contributed by atoms with Crippen LogP contribution in [0.2, 0.25) is 0 Å². The van der Waals surface area contributed by atoms with E-state index in [0.717, 1.165) is 32.2 Å². The van der Waals surface area contributed by atoms with Gasteiger partial charge >= 0.3 is 0 Å². The van der Waals surface area contributed by atoms with Crippen molar-refractivity contribution >= 4 is 15.9 Å². The van der Waals surface area contributed by atoms with E-state index < -0.39 is 11.6 Å². The Kier molecular flexibility index (Phi) is 5.74. The number of rotatable bonds is 6. The van der Waals surface area contributed by atoms with E-state index in [4.69, 9.17) is 4.74 Å². The Labute approximate surface area is 133 Å². The number of hydrogen-bond donors (Lipinski definition) is 1. The summed E-state index contributed by atoms with van der Waals surface area (Å²) in [6, 6.07) is 2.62. The minimum atomic E-state index is -0.512. The first-order valence-corrected chi connectivity index (χ1v) is 8.24. The molecular formula is C16H22BrF2NO. The van der Waals surface area contributed by atoms with Crippen LogP contribution in [0.3, 0.4) is 0 Å². The number of ether oxygens (including phenoxy) is 1. The monoisotopic (exact) mass is 361 g/mol. The molecule has 2 rings (SSSR count). The molecule has 0 spiro atoms. The fraction of sp³-hybridized carbons (Fsp3) is 0.625. The smallest absolute Gasteiger partial charge is 0.143 e. The highest BCUT2D eigenvalue weighted by Gasteiger charge is 2.41. The summed E-state index contributed by atoms with van der Waals surface area (Å²) in [7, 11) is 1.70. The summed E-state index contributed by atoms with van der Waals surface area (Å²) in [6.07, 6.45) is 4.34. The van der Waals surface area contributed by atoms with Crippen LogP contribution < -0.4 is 5.32 Å². The van der Waals surface area contributed by atoms with E-state index >= 15 is 0 Å². The van der Waals surface area contributed by atoms with Crippen molar-refractivity contribution in [2.75, 3.05) is 13.7 Å². The molecule has 1 saturated carbocycles. The summed E-state index contributed by atoms with van der Waals surface area (Å²) in [5, 5.41) is 3.37. The molecule has 0 aliphatic heterocycles. The fourth-order valence-electron chi connectivity index (χ4n) is 3.32. The van der Waals surface area contributed by atoms with E-state index in [1.165, 1.54) is 12.1 Å². The maximum Gasteiger partial charge on any atom is 0.143 e. The average molecular weight is 362 g/mol. The van der Waals surface area contributed by atoms with Gasteiger partial charge in [-0.25, -0.2) is 8.78 Å². The lowest BCUT2D eigenvalue weighted by Crippen LogP contribution is -2.52. The van der Waals surface area contributed by atoms with Crippen molar-refractivity contribution < 1.29 is 13.5 Å². The zero-order valence-corrected chi connectivity index (χ0v) is 14.1. The van der Waals surface area contributed by atoms with E-state index in [1.54, 1.807) is 7.11 Å². The Bertz CT molecular complexity index is 489. The van der Waals surface area contributed by atoms with Gasteiger partial charge in [-0.15, -0.1) is 0 Å². The van der Waals surface area contributed by atoms with Crippen LogP contribution in [0.5, 0.6) is 0 Å². The van der Waals surface area contributed by atoms with Gasteiger partial charge in [-0.3, -0.25) is 0 Å². The molecule has 1 fully saturated rings. The van der Waals surface area contributed by atoms with Gasteiger partial charge in [0, 0.05) is 18.7 Å². The zero-order chi connectivity index (χ0) is 15.5. The summed E-state index contributed by atoms with van der Waals surface area (Å²) in [5.41, 5.74) is -0.198. The highest BCUT2D eigenvalue weighted by molar-refractivity contribution is 9.10. The average Bonchev–Trinajstić information content (AvgIpc) is 2.96. The number of nitrogens with one attached hydrogen (secondary N) is 1. The molecule has 118 valence electrons. The van der Waals surface area contributed by atoms with Gasteiger partial charge in [-0.1, -0.05) is 19.8 Å². The predicted octanol–water partition coefficient (Wildman–Crippen LogP) is 4.21. The molecule has 5 heteroatoms. The lowest BCUT2D eigenvalue weighted by molar-refractivity contribution is -0.0354. The molecule has 1 N–H and O–H groups in total. The molecule has 0 saturated heterocycles. The van der Waals surface area contributed by atoms with Crippen LogP contribution >= 0.6 is 15.9 Å². The normalized spacial score (nSPS) is 18.9. The predicted molar refractivity (Wildman–Crippen MR) is 83.4 cm³/mol. The molecule has 1 aliphatic rings. The fourth-order valence-corrected chi connectivity index (χ4v) is 3.69. The van der Waals surface area contributed by atoms with Crippen LogP contribution in [0.4, 0.5) is 8.78 Å². The molecule has 0 radical (unpaired) electrons. The molecule has 1 aromatic rings. The van der Waals surface area contributed by atoms with Crippen LogP contribution in [-0.2, 0) is 11.2 Å². The van der Waals surface area contributed by atoms with Gasteiger partial charge in [0.25, 0.3) is 0 Å². The molecule has 1 atom stereocenters. The topological polar surface area (TPSA) is 21.3 Å². The lowest BCUT2D eigenvalue weighted by atomic mass is 9.87. The van der Waals surface area contributed by atoms with Gasteiger partial charge in [-0.2, -0.15) is 0 Å². The molecule has 0 bridgehead atoms. The summed E-state index contributed by atoms with van der Waals surface area (Å²) >= 11 is 3.13. The summed E-state index contributed by atoms with van der Waals surface area (Å²) in [4.78, 5) is 0. The highest BCUT2D eigenvalue weighted by atomic mass is 79.9. The van der Waals surface area contributed by atoms with Gasteiger partial charge in [0.05, 0.1) is 10.1 Å². The summed E-state index contributed by atoms with van der Waals surface area (Å²) < 4.78 is 34.3. The Morgan fingerprint density at radius 3 is 2.57 bits per heavy atom. The first-order valence-electron chi connectivity index (χ1n) is 7.45.